The molecule has 0 saturated carbocycles. The van der Waals surface area contributed by atoms with Crippen LogP contribution in [0.5, 0.6) is 5.75 Å². The summed E-state index contributed by atoms with van der Waals surface area (Å²) in [5, 5.41) is 4.82. The molecule has 140 valence electrons. The highest BCUT2D eigenvalue weighted by molar-refractivity contribution is 6.31. The van der Waals surface area contributed by atoms with Gasteiger partial charge in [-0.1, -0.05) is 11.6 Å². The van der Waals surface area contributed by atoms with Crippen LogP contribution in [0.1, 0.15) is 35.8 Å². The van der Waals surface area contributed by atoms with Gasteiger partial charge in [-0.05, 0) is 49.9 Å². The Morgan fingerprint density at radius 3 is 3.04 bits per heavy atom. The third-order valence-corrected chi connectivity index (χ3v) is 5.12. The zero-order valence-corrected chi connectivity index (χ0v) is 15.7. The zero-order chi connectivity index (χ0) is 19.0. The van der Waals surface area contributed by atoms with Gasteiger partial charge in [0.1, 0.15) is 0 Å². The summed E-state index contributed by atoms with van der Waals surface area (Å²) in [6, 6.07) is 7.11. The minimum Gasteiger partial charge on any atom is -0.478 e. The van der Waals surface area contributed by atoms with Gasteiger partial charge in [0, 0.05) is 39.6 Å². The fourth-order valence-electron chi connectivity index (χ4n) is 3.63. The summed E-state index contributed by atoms with van der Waals surface area (Å²) in [5.41, 5.74) is 3.75. The second-order valence-corrected chi connectivity index (χ2v) is 7.29. The molecule has 3 aromatic rings. The van der Waals surface area contributed by atoms with Gasteiger partial charge in [0.05, 0.1) is 6.04 Å². The molecule has 1 aliphatic carbocycles. The summed E-state index contributed by atoms with van der Waals surface area (Å²) >= 11 is 6.13. The number of hydrogen-bond acceptors (Lipinski definition) is 3. The maximum absolute atomic E-state index is 12.4. The number of aromatic amines is 2. The number of nitrogens with one attached hydrogen (secondary N) is 3. The molecule has 1 atom stereocenters. The van der Waals surface area contributed by atoms with E-state index in [0.717, 1.165) is 41.6 Å². The van der Waals surface area contributed by atoms with Crippen LogP contribution in [0.4, 0.5) is 0 Å². The number of carbonyl (C=O) groups is 1. The molecule has 0 bridgehead atoms. The highest BCUT2D eigenvalue weighted by Crippen LogP contribution is 2.35. The summed E-state index contributed by atoms with van der Waals surface area (Å²) in [4.78, 5) is 30.5. The van der Waals surface area contributed by atoms with E-state index in [-0.39, 0.29) is 29.7 Å². The third-order valence-electron chi connectivity index (χ3n) is 4.88. The summed E-state index contributed by atoms with van der Waals surface area (Å²) in [7, 11) is 0. The fourth-order valence-corrected chi connectivity index (χ4v) is 3.80. The topological polar surface area (TPSA) is 87.0 Å². The highest BCUT2D eigenvalue weighted by Gasteiger charge is 2.25. The summed E-state index contributed by atoms with van der Waals surface area (Å²) in [6.45, 7) is 1.58. The van der Waals surface area contributed by atoms with E-state index < -0.39 is 0 Å². The quantitative estimate of drug-likeness (QED) is 0.643. The molecule has 0 fully saturated rings. The Labute approximate surface area is 160 Å². The minimum atomic E-state index is -0.260. The third kappa shape index (κ3) is 3.57. The van der Waals surface area contributed by atoms with Crippen molar-refractivity contribution < 1.29 is 9.53 Å². The lowest BCUT2D eigenvalue weighted by Gasteiger charge is -2.23. The first-order valence-corrected chi connectivity index (χ1v) is 9.30. The van der Waals surface area contributed by atoms with Crippen molar-refractivity contribution in [3.05, 3.63) is 62.7 Å². The first-order valence-electron chi connectivity index (χ1n) is 8.93. The van der Waals surface area contributed by atoms with Crippen molar-refractivity contribution in [3.63, 3.8) is 0 Å². The van der Waals surface area contributed by atoms with Crippen molar-refractivity contribution in [3.8, 4) is 5.75 Å². The van der Waals surface area contributed by atoms with Gasteiger partial charge < -0.3 is 20.0 Å². The molecule has 0 aliphatic heterocycles. The van der Waals surface area contributed by atoms with Crippen molar-refractivity contribution in [2.75, 3.05) is 6.61 Å². The lowest BCUT2D eigenvalue weighted by Crippen LogP contribution is -2.34. The van der Waals surface area contributed by atoms with E-state index in [2.05, 4.69) is 15.3 Å². The number of ether oxygens (including phenoxy) is 1. The number of aryl methyl sites for hydroxylation is 2. The van der Waals surface area contributed by atoms with Crippen molar-refractivity contribution in [1.82, 2.24) is 15.3 Å². The van der Waals surface area contributed by atoms with E-state index in [0.29, 0.717) is 5.02 Å². The van der Waals surface area contributed by atoms with Gasteiger partial charge >= 0.3 is 0 Å². The zero-order valence-electron chi connectivity index (χ0n) is 14.9. The van der Waals surface area contributed by atoms with E-state index in [9.17, 15) is 9.59 Å². The Morgan fingerprint density at radius 1 is 1.37 bits per heavy atom. The van der Waals surface area contributed by atoms with Crippen LogP contribution in [0.15, 0.2) is 35.3 Å². The Morgan fingerprint density at radius 2 is 2.22 bits per heavy atom. The molecule has 2 heterocycles. The number of rotatable bonds is 4. The van der Waals surface area contributed by atoms with Gasteiger partial charge in [-0.25, -0.2) is 0 Å². The molecule has 0 spiro atoms. The van der Waals surface area contributed by atoms with Crippen LogP contribution in [0.25, 0.3) is 10.9 Å². The number of H-pyrrole nitrogens is 2. The van der Waals surface area contributed by atoms with Gasteiger partial charge in [-0.15, -0.1) is 0 Å². The number of aromatic nitrogens is 2. The first-order chi connectivity index (χ1) is 13.0. The number of amides is 1. The van der Waals surface area contributed by atoms with Crippen LogP contribution >= 0.6 is 11.6 Å². The molecule has 1 amide bonds. The normalized spacial score (nSPS) is 16.1. The van der Waals surface area contributed by atoms with E-state index in [1.165, 1.54) is 17.8 Å². The van der Waals surface area contributed by atoms with Crippen LogP contribution in [0.2, 0.25) is 5.02 Å². The molecule has 27 heavy (non-hydrogen) atoms. The highest BCUT2D eigenvalue weighted by atomic mass is 35.5. The lowest BCUT2D eigenvalue weighted by molar-refractivity contribution is -0.124. The molecule has 6 nitrogen and oxygen atoms in total. The van der Waals surface area contributed by atoms with Crippen molar-refractivity contribution in [2.24, 2.45) is 0 Å². The van der Waals surface area contributed by atoms with E-state index >= 15 is 0 Å². The number of fused-ring (bicyclic) bond motifs is 3. The van der Waals surface area contributed by atoms with Gasteiger partial charge in [0.25, 0.3) is 5.91 Å². The molecule has 1 aliphatic rings. The van der Waals surface area contributed by atoms with E-state index in [4.69, 9.17) is 16.3 Å². The largest absolute Gasteiger partial charge is 0.478 e. The summed E-state index contributed by atoms with van der Waals surface area (Å²) in [6.07, 6.45) is 4.27. The fraction of sp³-hybridized carbons (Fsp3) is 0.300. The van der Waals surface area contributed by atoms with Crippen LogP contribution in [0, 0.1) is 6.92 Å². The minimum absolute atomic E-state index is 0.104. The molecular weight excluding hydrogens is 366 g/mol. The van der Waals surface area contributed by atoms with Crippen molar-refractivity contribution in [2.45, 2.75) is 32.2 Å². The predicted octanol–water partition coefficient (Wildman–Crippen LogP) is 3.39. The number of carbonyl (C=O) groups excluding carboxylic acids is 1. The average Bonchev–Trinajstić information content (AvgIpc) is 3.00. The SMILES string of the molecule is Cc1cc(=O)c(OCC(=O)NC2CCCc3c2[nH]c2ccc(Cl)cc32)c[nH]1. The maximum atomic E-state index is 12.4. The predicted molar refractivity (Wildman–Crippen MR) is 104 cm³/mol. The lowest BCUT2D eigenvalue weighted by atomic mass is 9.91. The Kier molecular flexibility index (Phi) is 4.66. The molecule has 3 N–H and O–H groups in total. The molecular formula is C20H20ClN3O3. The Hall–Kier alpha value is -2.73. The van der Waals surface area contributed by atoms with Crippen molar-refractivity contribution >= 4 is 28.4 Å². The van der Waals surface area contributed by atoms with Gasteiger partial charge in [-0.2, -0.15) is 0 Å². The standard InChI is InChI=1S/C20H20ClN3O3/c1-11-7-17(25)18(9-22-11)27-10-19(26)23-16-4-2-3-13-14-8-12(21)5-6-15(14)24-20(13)16/h5-9,16,24H,2-4,10H2,1H3,(H,22,25)(H,23,26). The second kappa shape index (κ2) is 7.12. The summed E-state index contributed by atoms with van der Waals surface area (Å²) < 4.78 is 5.37. The number of benzene rings is 1. The number of pyridine rings is 1. The molecule has 0 saturated heterocycles. The van der Waals surface area contributed by atoms with Gasteiger partial charge in [-0.3, -0.25) is 9.59 Å². The van der Waals surface area contributed by atoms with Crippen LogP contribution in [-0.2, 0) is 11.2 Å². The van der Waals surface area contributed by atoms with Crippen LogP contribution < -0.4 is 15.5 Å². The molecule has 7 heteroatoms. The maximum Gasteiger partial charge on any atom is 0.258 e. The van der Waals surface area contributed by atoms with Gasteiger partial charge in [0.2, 0.25) is 5.43 Å². The Bertz CT molecular complexity index is 1070. The van der Waals surface area contributed by atoms with Crippen molar-refractivity contribution in [1.29, 1.82) is 0 Å². The molecule has 1 aromatic carbocycles. The van der Waals surface area contributed by atoms with E-state index in [1.807, 2.05) is 18.2 Å². The van der Waals surface area contributed by atoms with E-state index in [1.54, 1.807) is 6.92 Å². The molecule has 4 rings (SSSR count). The summed E-state index contributed by atoms with van der Waals surface area (Å²) in [5.74, 6) is -0.121. The monoisotopic (exact) mass is 385 g/mol. The first kappa shape index (κ1) is 17.7. The average molecular weight is 386 g/mol. The Balaban J connectivity index is 1.48. The smallest absolute Gasteiger partial charge is 0.258 e. The molecule has 2 aromatic heterocycles. The van der Waals surface area contributed by atoms with Crippen LogP contribution in [-0.4, -0.2) is 22.5 Å². The number of hydrogen-bond donors (Lipinski definition) is 3. The van der Waals surface area contributed by atoms with Crippen LogP contribution in [0.3, 0.4) is 0 Å². The molecule has 1 unspecified atom stereocenters. The second-order valence-electron chi connectivity index (χ2n) is 6.85. The number of halogens is 1. The van der Waals surface area contributed by atoms with Gasteiger partial charge in [0.15, 0.2) is 12.4 Å². The molecule has 0 radical (unpaired) electrons.